The van der Waals surface area contributed by atoms with Crippen molar-refractivity contribution < 1.29 is 5.11 Å². The minimum Gasteiger partial charge on any atom is -0.396 e. The molecule has 0 unspecified atom stereocenters. The van der Waals surface area contributed by atoms with E-state index < -0.39 is 0 Å². The Morgan fingerprint density at radius 1 is 1.12 bits per heavy atom. The smallest absolute Gasteiger partial charge is 0.0488 e. The van der Waals surface area contributed by atoms with E-state index >= 15 is 0 Å². The molecule has 0 heterocycles. The first kappa shape index (κ1) is 10.3. The van der Waals surface area contributed by atoms with Crippen LogP contribution in [0, 0.1) is 5.41 Å². The fraction of sp³-hybridized carbons (Fsp3) is 0.600. The summed E-state index contributed by atoms with van der Waals surface area (Å²) in [6.07, 6.45) is 6.04. The number of rotatable bonds is 4. The number of hydrogen-bond acceptors (Lipinski definition) is 1. The zero-order chi connectivity index (χ0) is 11.2. The Hall–Kier alpha value is -0.820. The maximum atomic E-state index is 9.26. The third-order valence-corrected chi connectivity index (χ3v) is 4.58. The van der Waals surface area contributed by atoms with Crippen molar-refractivity contribution in [2.75, 3.05) is 6.61 Å². The van der Waals surface area contributed by atoms with Crippen molar-refractivity contribution in [1.29, 1.82) is 0 Å². The molecule has 1 aromatic carbocycles. The predicted octanol–water partition coefficient (Wildman–Crippen LogP) is 3.05. The summed E-state index contributed by atoms with van der Waals surface area (Å²) < 4.78 is 0. The van der Waals surface area contributed by atoms with Gasteiger partial charge < -0.3 is 5.11 Å². The lowest BCUT2D eigenvalue weighted by Crippen LogP contribution is -2.66. The van der Waals surface area contributed by atoms with E-state index in [2.05, 4.69) is 31.2 Å². The van der Waals surface area contributed by atoms with Crippen LogP contribution in [-0.4, -0.2) is 11.7 Å². The third kappa shape index (κ3) is 1.27. The molecule has 0 aromatic heterocycles. The van der Waals surface area contributed by atoms with Crippen LogP contribution in [0.5, 0.6) is 0 Å². The van der Waals surface area contributed by atoms with Crippen molar-refractivity contribution in [3.63, 3.8) is 0 Å². The van der Waals surface area contributed by atoms with E-state index in [1.54, 1.807) is 0 Å². The molecule has 1 heteroatoms. The van der Waals surface area contributed by atoms with Crippen molar-refractivity contribution in [2.45, 2.75) is 44.4 Å². The Morgan fingerprint density at radius 3 is 2.25 bits per heavy atom. The maximum absolute atomic E-state index is 9.26. The monoisotopic (exact) mass is 216 g/mol. The van der Waals surface area contributed by atoms with Crippen LogP contribution >= 0.6 is 0 Å². The summed E-state index contributed by atoms with van der Waals surface area (Å²) in [5.41, 5.74) is 3.73. The molecule has 0 amide bonds. The van der Waals surface area contributed by atoms with Gasteiger partial charge in [-0.2, -0.15) is 0 Å². The standard InChI is InChI=1S/C15H20O/c1-2-3-12-4-6-13(7-5-12)15-8-14(9-15,10-15)11-16/h4-7,16H,2-3,8-11H2,1H3. The first-order valence-electron chi connectivity index (χ1n) is 6.42. The Bertz CT molecular complexity index is 371. The molecule has 1 nitrogen and oxygen atoms in total. The van der Waals surface area contributed by atoms with Gasteiger partial charge in [0.2, 0.25) is 0 Å². The van der Waals surface area contributed by atoms with Crippen LogP contribution in [0.2, 0.25) is 0 Å². The fourth-order valence-electron chi connectivity index (χ4n) is 3.79. The number of aliphatic hydroxyl groups excluding tert-OH is 1. The molecule has 3 aliphatic carbocycles. The summed E-state index contributed by atoms with van der Waals surface area (Å²) in [7, 11) is 0. The van der Waals surface area contributed by atoms with Gasteiger partial charge >= 0.3 is 0 Å². The van der Waals surface area contributed by atoms with Crippen LogP contribution in [0.1, 0.15) is 43.7 Å². The minimum absolute atomic E-state index is 0.322. The first-order chi connectivity index (χ1) is 7.72. The van der Waals surface area contributed by atoms with Crippen LogP contribution in [0.25, 0.3) is 0 Å². The molecule has 0 atom stereocenters. The van der Waals surface area contributed by atoms with E-state index in [0.717, 1.165) is 0 Å². The van der Waals surface area contributed by atoms with Crippen LogP contribution in [-0.2, 0) is 11.8 Å². The van der Waals surface area contributed by atoms with Gasteiger partial charge in [-0.3, -0.25) is 0 Å². The Kier molecular flexibility index (Phi) is 2.16. The molecule has 2 bridgehead atoms. The number of hydrogen-bond donors (Lipinski definition) is 1. The zero-order valence-electron chi connectivity index (χ0n) is 10.00. The maximum Gasteiger partial charge on any atom is 0.0488 e. The minimum atomic E-state index is 0.322. The van der Waals surface area contributed by atoms with Crippen LogP contribution < -0.4 is 0 Å². The lowest BCUT2D eigenvalue weighted by molar-refractivity contribution is -0.167. The molecule has 3 saturated carbocycles. The van der Waals surface area contributed by atoms with Gasteiger partial charge in [0.25, 0.3) is 0 Å². The normalized spacial score (nSPS) is 35.4. The second-order valence-corrected chi connectivity index (χ2v) is 5.92. The molecule has 86 valence electrons. The molecule has 3 aliphatic rings. The highest BCUT2D eigenvalue weighted by Gasteiger charge is 2.67. The van der Waals surface area contributed by atoms with Gasteiger partial charge in [-0.05, 0) is 47.6 Å². The number of aryl methyl sites for hydroxylation is 1. The fourth-order valence-corrected chi connectivity index (χ4v) is 3.79. The lowest BCUT2D eigenvalue weighted by Gasteiger charge is -2.70. The largest absolute Gasteiger partial charge is 0.396 e. The van der Waals surface area contributed by atoms with E-state index in [9.17, 15) is 5.11 Å². The van der Waals surface area contributed by atoms with Gasteiger partial charge in [0.05, 0.1) is 0 Å². The Labute approximate surface area is 97.5 Å². The zero-order valence-corrected chi connectivity index (χ0v) is 10.00. The summed E-state index contributed by atoms with van der Waals surface area (Å²) in [6.45, 7) is 2.61. The first-order valence-corrected chi connectivity index (χ1v) is 6.42. The number of benzene rings is 1. The van der Waals surface area contributed by atoms with E-state index in [1.807, 2.05) is 0 Å². The lowest BCUT2D eigenvalue weighted by atomic mass is 9.34. The van der Waals surface area contributed by atoms with Crippen molar-refractivity contribution >= 4 is 0 Å². The van der Waals surface area contributed by atoms with Gasteiger partial charge in [-0.25, -0.2) is 0 Å². The summed E-state index contributed by atoms with van der Waals surface area (Å²) in [5, 5.41) is 9.26. The average Bonchev–Trinajstić information content (AvgIpc) is 2.18. The molecule has 1 N–H and O–H groups in total. The SMILES string of the molecule is CCCc1ccc(C23CC(CO)(C2)C3)cc1. The summed E-state index contributed by atoms with van der Waals surface area (Å²) >= 11 is 0. The molecule has 0 radical (unpaired) electrons. The predicted molar refractivity (Wildman–Crippen MR) is 65.5 cm³/mol. The van der Waals surface area contributed by atoms with Crippen LogP contribution in [0.4, 0.5) is 0 Å². The quantitative estimate of drug-likeness (QED) is 0.820. The van der Waals surface area contributed by atoms with Crippen LogP contribution in [0.3, 0.4) is 0 Å². The van der Waals surface area contributed by atoms with Crippen molar-refractivity contribution in [3.8, 4) is 0 Å². The molecule has 0 spiro atoms. The summed E-state index contributed by atoms with van der Waals surface area (Å²) in [4.78, 5) is 0. The van der Waals surface area contributed by atoms with Gasteiger partial charge in [-0.15, -0.1) is 0 Å². The number of aliphatic hydroxyl groups is 1. The molecule has 0 aliphatic heterocycles. The van der Waals surface area contributed by atoms with Crippen LogP contribution in [0.15, 0.2) is 24.3 Å². The average molecular weight is 216 g/mol. The highest BCUT2D eigenvalue weighted by atomic mass is 16.3. The highest BCUT2D eigenvalue weighted by molar-refractivity contribution is 5.39. The van der Waals surface area contributed by atoms with Gasteiger partial charge in [-0.1, -0.05) is 37.6 Å². The molecular weight excluding hydrogens is 196 g/mol. The van der Waals surface area contributed by atoms with E-state index in [-0.39, 0.29) is 0 Å². The van der Waals surface area contributed by atoms with E-state index in [0.29, 0.717) is 17.4 Å². The molecule has 16 heavy (non-hydrogen) atoms. The topological polar surface area (TPSA) is 20.2 Å². The molecule has 0 saturated heterocycles. The summed E-state index contributed by atoms with van der Waals surface area (Å²) in [6, 6.07) is 9.19. The van der Waals surface area contributed by atoms with Gasteiger partial charge in [0.15, 0.2) is 0 Å². The van der Waals surface area contributed by atoms with Gasteiger partial charge in [0.1, 0.15) is 0 Å². The second-order valence-electron chi connectivity index (χ2n) is 5.92. The Morgan fingerprint density at radius 2 is 1.75 bits per heavy atom. The van der Waals surface area contributed by atoms with Crippen molar-refractivity contribution in [3.05, 3.63) is 35.4 Å². The molecule has 4 rings (SSSR count). The Balaban J connectivity index is 1.73. The third-order valence-electron chi connectivity index (χ3n) is 4.58. The molecule has 3 fully saturated rings. The van der Waals surface area contributed by atoms with Crippen molar-refractivity contribution in [1.82, 2.24) is 0 Å². The van der Waals surface area contributed by atoms with E-state index in [4.69, 9.17) is 0 Å². The summed E-state index contributed by atoms with van der Waals surface area (Å²) in [5.74, 6) is 0. The van der Waals surface area contributed by atoms with E-state index in [1.165, 1.54) is 43.2 Å². The molecular formula is C15H20O. The van der Waals surface area contributed by atoms with Gasteiger partial charge in [0, 0.05) is 6.61 Å². The second kappa shape index (κ2) is 3.33. The molecule has 1 aromatic rings. The van der Waals surface area contributed by atoms with Crippen molar-refractivity contribution in [2.24, 2.45) is 5.41 Å². The highest BCUT2D eigenvalue weighted by Crippen LogP contribution is 2.73.